The average molecular weight is 247 g/mol. The summed E-state index contributed by atoms with van der Waals surface area (Å²) in [6, 6.07) is 0. The molecule has 2 atom stereocenters. The fourth-order valence-electron chi connectivity index (χ4n) is 2.35. The first-order chi connectivity index (χ1) is 7.92. The van der Waals surface area contributed by atoms with Crippen molar-refractivity contribution >= 4 is 11.8 Å². The predicted octanol–water partition coefficient (Wildman–Crippen LogP) is -0.193. The highest BCUT2D eigenvalue weighted by Crippen LogP contribution is 2.37. The van der Waals surface area contributed by atoms with Crippen molar-refractivity contribution in [3.63, 3.8) is 0 Å². The van der Waals surface area contributed by atoms with Crippen molar-refractivity contribution in [3.8, 4) is 0 Å². The lowest BCUT2D eigenvalue weighted by Gasteiger charge is -2.40. The number of ether oxygens (including phenoxy) is 4. The molecule has 0 aliphatic carbocycles. The molecule has 6 heteroatoms. The van der Waals surface area contributed by atoms with Gasteiger partial charge in [0, 0.05) is 12.3 Å². The number of rotatable bonds is 2. The van der Waals surface area contributed by atoms with Crippen LogP contribution in [0.1, 0.15) is 0 Å². The Hall–Kier alpha value is 0.150. The van der Waals surface area contributed by atoms with Gasteiger partial charge in [0.05, 0.1) is 33.0 Å². The second kappa shape index (κ2) is 4.80. The van der Waals surface area contributed by atoms with Gasteiger partial charge < -0.3 is 18.9 Å². The second-order valence-corrected chi connectivity index (χ2v) is 5.27. The number of hydrogen-bond acceptors (Lipinski definition) is 6. The first kappa shape index (κ1) is 11.3. The van der Waals surface area contributed by atoms with E-state index in [9.17, 15) is 0 Å². The lowest BCUT2D eigenvalue weighted by atomic mass is 10.1. The number of nitrogens with one attached hydrogen (secondary N) is 1. The normalized spacial score (nSPS) is 39.0. The SMILES string of the molecule is C1CSC(C2(C3COCCO3)OCCO2)N1. The predicted molar refractivity (Wildman–Crippen MR) is 59.4 cm³/mol. The summed E-state index contributed by atoms with van der Waals surface area (Å²) >= 11 is 1.84. The Bertz CT molecular complexity index is 235. The van der Waals surface area contributed by atoms with Crippen molar-refractivity contribution in [2.24, 2.45) is 0 Å². The van der Waals surface area contributed by atoms with Crippen LogP contribution in [0.25, 0.3) is 0 Å². The van der Waals surface area contributed by atoms with Crippen molar-refractivity contribution in [2.45, 2.75) is 17.3 Å². The van der Waals surface area contributed by atoms with Crippen molar-refractivity contribution in [3.05, 3.63) is 0 Å². The van der Waals surface area contributed by atoms with Gasteiger partial charge in [-0.15, -0.1) is 11.8 Å². The van der Waals surface area contributed by atoms with E-state index in [0.717, 1.165) is 12.3 Å². The monoisotopic (exact) mass is 247 g/mol. The fraction of sp³-hybridized carbons (Fsp3) is 1.00. The molecule has 3 heterocycles. The lowest BCUT2D eigenvalue weighted by molar-refractivity contribution is -0.264. The first-order valence-electron chi connectivity index (χ1n) is 5.74. The highest BCUT2D eigenvalue weighted by atomic mass is 32.2. The molecule has 3 fully saturated rings. The van der Waals surface area contributed by atoms with Gasteiger partial charge in [0.2, 0.25) is 5.79 Å². The minimum Gasteiger partial charge on any atom is -0.376 e. The molecular weight excluding hydrogens is 230 g/mol. The topological polar surface area (TPSA) is 49.0 Å². The molecule has 0 aromatic carbocycles. The molecule has 3 aliphatic heterocycles. The molecule has 1 N–H and O–H groups in total. The molecule has 0 aromatic rings. The molecule has 0 spiro atoms. The van der Waals surface area contributed by atoms with Crippen LogP contribution in [-0.4, -0.2) is 62.6 Å². The molecule has 2 unspecified atom stereocenters. The molecule has 5 nitrogen and oxygen atoms in total. The molecule has 0 aromatic heterocycles. The Morgan fingerprint density at radius 3 is 2.62 bits per heavy atom. The van der Waals surface area contributed by atoms with Crippen LogP contribution < -0.4 is 5.32 Å². The summed E-state index contributed by atoms with van der Waals surface area (Å²) < 4.78 is 22.9. The van der Waals surface area contributed by atoms with Gasteiger partial charge in [0.1, 0.15) is 11.5 Å². The van der Waals surface area contributed by atoms with Crippen LogP contribution in [0.4, 0.5) is 0 Å². The van der Waals surface area contributed by atoms with Gasteiger partial charge in [-0.25, -0.2) is 0 Å². The Balaban J connectivity index is 1.77. The molecule has 92 valence electrons. The average Bonchev–Trinajstić information content (AvgIpc) is 3.02. The van der Waals surface area contributed by atoms with Gasteiger partial charge >= 0.3 is 0 Å². The van der Waals surface area contributed by atoms with Gasteiger partial charge in [-0.05, 0) is 0 Å². The minimum absolute atomic E-state index is 0.119. The van der Waals surface area contributed by atoms with Gasteiger partial charge in [-0.3, -0.25) is 5.32 Å². The molecule has 0 radical (unpaired) electrons. The molecule has 3 rings (SSSR count). The van der Waals surface area contributed by atoms with Gasteiger partial charge in [0.25, 0.3) is 0 Å². The van der Waals surface area contributed by atoms with E-state index in [4.69, 9.17) is 18.9 Å². The van der Waals surface area contributed by atoms with Crippen LogP contribution in [0.5, 0.6) is 0 Å². The lowest BCUT2D eigenvalue weighted by Crippen LogP contribution is -2.59. The molecule has 0 saturated carbocycles. The van der Waals surface area contributed by atoms with E-state index >= 15 is 0 Å². The third-order valence-electron chi connectivity index (χ3n) is 3.09. The van der Waals surface area contributed by atoms with Crippen LogP contribution in [0.3, 0.4) is 0 Å². The quantitative estimate of drug-likeness (QED) is 0.730. The Kier molecular flexibility index (Phi) is 3.37. The van der Waals surface area contributed by atoms with Crippen LogP contribution in [0.2, 0.25) is 0 Å². The first-order valence-corrected chi connectivity index (χ1v) is 6.79. The van der Waals surface area contributed by atoms with E-state index in [2.05, 4.69) is 5.32 Å². The van der Waals surface area contributed by atoms with Gasteiger partial charge in [-0.2, -0.15) is 0 Å². The van der Waals surface area contributed by atoms with E-state index < -0.39 is 5.79 Å². The second-order valence-electron chi connectivity index (χ2n) is 4.06. The van der Waals surface area contributed by atoms with Crippen LogP contribution in [0.15, 0.2) is 0 Å². The van der Waals surface area contributed by atoms with E-state index in [-0.39, 0.29) is 11.5 Å². The fourth-order valence-corrected chi connectivity index (χ4v) is 3.58. The van der Waals surface area contributed by atoms with E-state index in [1.54, 1.807) is 0 Å². The van der Waals surface area contributed by atoms with Gasteiger partial charge in [-0.1, -0.05) is 0 Å². The maximum Gasteiger partial charge on any atom is 0.222 e. The molecule has 3 saturated heterocycles. The Morgan fingerprint density at radius 2 is 2.00 bits per heavy atom. The van der Waals surface area contributed by atoms with E-state index in [1.807, 2.05) is 11.8 Å². The molecule has 0 bridgehead atoms. The Morgan fingerprint density at radius 1 is 1.12 bits per heavy atom. The molecule has 16 heavy (non-hydrogen) atoms. The zero-order chi connectivity index (χ0) is 10.8. The van der Waals surface area contributed by atoms with E-state index in [1.165, 1.54) is 0 Å². The number of hydrogen-bond donors (Lipinski definition) is 1. The summed E-state index contributed by atoms with van der Waals surface area (Å²) in [5, 5.41) is 3.57. The van der Waals surface area contributed by atoms with Gasteiger partial charge in [0.15, 0.2) is 0 Å². The van der Waals surface area contributed by atoms with Crippen molar-refractivity contribution < 1.29 is 18.9 Å². The highest BCUT2D eigenvalue weighted by Gasteiger charge is 2.53. The zero-order valence-electron chi connectivity index (χ0n) is 9.15. The minimum atomic E-state index is -0.651. The molecular formula is C10H17NO4S. The number of thioether (sulfide) groups is 1. The smallest absolute Gasteiger partial charge is 0.222 e. The largest absolute Gasteiger partial charge is 0.376 e. The van der Waals surface area contributed by atoms with Crippen molar-refractivity contribution in [1.29, 1.82) is 0 Å². The third kappa shape index (κ3) is 1.87. The summed E-state index contributed by atoms with van der Waals surface area (Å²) in [4.78, 5) is 0. The molecule has 0 amide bonds. The van der Waals surface area contributed by atoms with E-state index in [0.29, 0.717) is 33.0 Å². The molecule has 3 aliphatic rings. The summed E-state index contributed by atoms with van der Waals surface area (Å²) in [5.74, 6) is 0.439. The summed E-state index contributed by atoms with van der Waals surface area (Å²) in [6.07, 6.45) is -0.119. The summed E-state index contributed by atoms with van der Waals surface area (Å²) in [7, 11) is 0. The van der Waals surface area contributed by atoms with Crippen LogP contribution in [-0.2, 0) is 18.9 Å². The van der Waals surface area contributed by atoms with Crippen molar-refractivity contribution in [2.75, 3.05) is 45.3 Å². The maximum atomic E-state index is 5.85. The third-order valence-corrected chi connectivity index (χ3v) is 4.35. The zero-order valence-corrected chi connectivity index (χ0v) is 9.96. The standard InChI is InChI=1S/C10H17NO4S/c1-6-16-9(11-1)10(14-4-5-15-10)8-7-12-2-3-13-8/h8-9,11H,1-7H2. The highest BCUT2D eigenvalue weighted by molar-refractivity contribution is 8.00. The maximum absolute atomic E-state index is 5.85. The van der Waals surface area contributed by atoms with Crippen LogP contribution >= 0.6 is 11.8 Å². The Labute approximate surface area is 99.1 Å². The van der Waals surface area contributed by atoms with Crippen molar-refractivity contribution in [1.82, 2.24) is 5.32 Å². The van der Waals surface area contributed by atoms with Crippen LogP contribution in [0, 0.1) is 0 Å². The summed E-state index contributed by atoms with van der Waals surface area (Å²) in [5.41, 5.74) is 0. The summed E-state index contributed by atoms with van der Waals surface area (Å²) in [6.45, 7) is 4.11.